The molecule has 0 aliphatic carbocycles. The van der Waals surface area contributed by atoms with E-state index in [0.29, 0.717) is 6.54 Å². The molecule has 98 valence electrons. The Morgan fingerprint density at radius 2 is 2.28 bits per heavy atom. The van der Waals surface area contributed by atoms with Gasteiger partial charge in [0.25, 0.3) is 0 Å². The summed E-state index contributed by atoms with van der Waals surface area (Å²) >= 11 is 0. The van der Waals surface area contributed by atoms with E-state index in [1.165, 1.54) is 18.9 Å². The van der Waals surface area contributed by atoms with Gasteiger partial charge in [-0.15, -0.1) is 0 Å². The maximum Gasteiger partial charge on any atom is 0.335 e. The Balaban J connectivity index is 2.07. The molecule has 0 amide bonds. The zero-order valence-electron chi connectivity index (χ0n) is 10.5. The first kappa shape index (κ1) is 13.0. The molecular formula is C14H18FNO2. The Hall–Kier alpha value is -1.42. The zero-order chi connectivity index (χ0) is 13.1. The molecule has 0 spiro atoms. The van der Waals surface area contributed by atoms with E-state index in [-0.39, 0.29) is 5.56 Å². The number of benzene rings is 1. The van der Waals surface area contributed by atoms with Gasteiger partial charge in [0.05, 0.1) is 5.56 Å². The van der Waals surface area contributed by atoms with Gasteiger partial charge in [-0.2, -0.15) is 0 Å². The van der Waals surface area contributed by atoms with Crippen LogP contribution in [0.2, 0.25) is 0 Å². The summed E-state index contributed by atoms with van der Waals surface area (Å²) < 4.78 is 13.3. The van der Waals surface area contributed by atoms with Crippen LogP contribution < -0.4 is 0 Å². The number of hydrogen-bond donors (Lipinski definition) is 1. The molecule has 1 saturated heterocycles. The molecule has 1 aliphatic rings. The summed E-state index contributed by atoms with van der Waals surface area (Å²) in [7, 11) is 0. The highest BCUT2D eigenvalue weighted by Crippen LogP contribution is 2.21. The number of hydrogen-bond acceptors (Lipinski definition) is 2. The van der Waals surface area contributed by atoms with Gasteiger partial charge in [0.1, 0.15) is 5.82 Å². The standard InChI is InChI=1S/C14H18FNO2/c1-2-10-3-4-16(8-10)9-11-5-12(14(17)18)7-13(15)6-11/h5-7,10H,2-4,8-9H2,1H3,(H,17,18). The van der Waals surface area contributed by atoms with Crippen molar-refractivity contribution in [2.24, 2.45) is 5.92 Å². The normalized spacial score (nSPS) is 20.2. The minimum atomic E-state index is -1.08. The van der Waals surface area contributed by atoms with E-state index in [9.17, 15) is 9.18 Å². The monoisotopic (exact) mass is 251 g/mol. The van der Waals surface area contributed by atoms with Crippen molar-refractivity contribution >= 4 is 5.97 Å². The third kappa shape index (κ3) is 3.07. The van der Waals surface area contributed by atoms with Gasteiger partial charge in [-0.1, -0.05) is 13.3 Å². The molecule has 4 heteroatoms. The Labute approximate surface area is 106 Å². The summed E-state index contributed by atoms with van der Waals surface area (Å²) in [5.74, 6) is -0.836. The fraction of sp³-hybridized carbons (Fsp3) is 0.500. The molecule has 1 aliphatic heterocycles. The van der Waals surface area contributed by atoms with E-state index in [4.69, 9.17) is 5.11 Å². The van der Waals surface area contributed by atoms with E-state index < -0.39 is 11.8 Å². The summed E-state index contributed by atoms with van der Waals surface area (Å²) in [6, 6.07) is 4.04. The first-order valence-electron chi connectivity index (χ1n) is 6.33. The molecule has 1 atom stereocenters. The number of carbonyl (C=O) groups is 1. The lowest BCUT2D eigenvalue weighted by atomic mass is 10.1. The zero-order valence-corrected chi connectivity index (χ0v) is 10.5. The lowest BCUT2D eigenvalue weighted by molar-refractivity contribution is 0.0696. The highest BCUT2D eigenvalue weighted by atomic mass is 19.1. The van der Waals surface area contributed by atoms with Crippen LogP contribution in [0.3, 0.4) is 0 Å². The summed E-state index contributed by atoms with van der Waals surface area (Å²) in [4.78, 5) is 13.1. The van der Waals surface area contributed by atoms with Crippen molar-refractivity contribution in [1.29, 1.82) is 0 Å². The Morgan fingerprint density at radius 1 is 1.50 bits per heavy atom. The van der Waals surface area contributed by atoms with Crippen molar-refractivity contribution in [1.82, 2.24) is 4.90 Å². The van der Waals surface area contributed by atoms with Crippen LogP contribution in [0.1, 0.15) is 35.7 Å². The minimum Gasteiger partial charge on any atom is -0.478 e. The molecule has 0 bridgehead atoms. The largest absolute Gasteiger partial charge is 0.478 e. The third-order valence-electron chi connectivity index (χ3n) is 3.56. The van der Waals surface area contributed by atoms with Crippen LogP contribution in [0.5, 0.6) is 0 Å². The van der Waals surface area contributed by atoms with Crippen LogP contribution in [0.15, 0.2) is 18.2 Å². The lowest BCUT2D eigenvalue weighted by Crippen LogP contribution is -2.20. The quantitative estimate of drug-likeness (QED) is 0.894. The molecule has 3 nitrogen and oxygen atoms in total. The second-order valence-corrected chi connectivity index (χ2v) is 4.95. The van der Waals surface area contributed by atoms with Crippen LogP contribution in [0.4, 0.5) is 4.39 Å². The second kappa shape index (κ2) is 5.48. The molecule has 0 radical (unpaired) electrons. The number of likely N-dealkylation sites (tertiary alicyclic amines) is 1. The summed E-state index contributed by atoms with van der Waals surface area (Å²) in [6.45, 7) is 4.85. The molecule has 0 aromatic heterocycles. The first-order chi connectivity index (χ1) is 8.58. The number of carboxylic acid groups (broad SMARTS) is 1. The van der Waals surface area contributed by atoms with Crippen molar-refractivity contribution in [2.75, 3.05) is 13.1 Å². The molecule has 1 fully saturated rings. The van der Waals surface area contributed by atoms with Crippen LogP contribution in [-0.2, 0) is 6.54 Å². The average molecular weight is 251 g/mol. The molecule has 1 N–H and O–H groups in total. The number of halogens is 1. The smallest absolute Gasteiger partial charge is 0.335 e. The Bertz CT molecular complexity index is 447. The first-order valence-corrected chi connectivity index (χ1v) is 6.33. The molecule has 2 rings (SSSR count). The van der Waals surface area contributed by atoms with Gasteiger partial charge in [-0.25, -0.2) is 9.18 Å². The Morgan fingerprint density at radius 3 is 2.89 bits per heavy atom. The van der Waals surface area contributed by atoms with Crippen LogP contribution in [0, 0.1) is 11.7 Å². The van der Waals surface area contributed by atoms with E-state index in [1.54, 1.807) is 6.07 Å². The number of rotatable bonds is 4. The molecule has 18 heavy (non-hydrogen) atoms. The maximum absolute atomic E-state index is 13.3. The molecule has 1 aromatic rings. The highest BCUT2D eigenvalue weighted by Gasteiger charge is 2.21. The molecular weight excluding hydrogens is 233 g/mol. The van der Waals surface area contributed by atoms with Gasteiger partial charge in [-0.05, 0) is 42.6 Å². The predicted molar refractivity (Wildman–Crippen MR) is 67.0 cm³/mol. The maximum atomic E-state index is 13.3. The van der Waals surface area contributed by atoms with Gasteiger partial charge in [-0.3, -0.25) is 4.90 Å². The van der Waals surface area contributed by atoms with Gasteiger partial charge < -0.3 is 5.11 Å². The fourth-order valence-corrected chi connectivity index (χ4v) is 2.51. The third-order valence-corrected chi connectivity index (χ3v) is 3.56. The fourth-order valence-electron chi connectivity index (χ4n) is 2.51. The minimum absolute atomic E-state index is 0.0243. The van der Waals surface area contributed by atoms with Crippen LogP contribution in [0.25, 0.3) is 0 Å². The molecule has 0 saturated carbocycles. The SMILES string of the molecule is CCC1CCN(Cc2cc(F)cc(C(=O)O)c2)C1. The van der Waals surface area contributed by atoms with E-state index >= 15 is 0 Å². The molecule has 1 heterocycles. The van der Waals surface area contributed by atoms with Gasteiger partial charge >= 0.3 is 5.97 Å². The van der Waals surface area contributed by atoms with E-state index in [0.717, 1.165) is 30.6 Å². The van der Waals surface area contributed by atoms with Crippen LogP contribution >= 0.6 is 0 Å². The number of nitrogens with zero attached hydrogens (tertiary/aromatic N) is 1. The second-order valence-electron chi connectivity index (χ2n) is 4.95. The highest BCUT2D eigenvalue weighted by molar-refractivity contribution is 5.87. The van der Waals surface area contributed by atoms with E-state index in [1.807, 2.05) is 0 Å². The topological polar surface area (TPSA) is 40.5 Å². The average Bonchev–Trinajstić information content (AvgIpc) is 2.76. The van der Waals surface area contributed by atoms with Gasteiger partial charge in [0.2, 0.25) is 0 Å². The van der Waals surface area contributed by atoms with Crippen molar-refractivity contribution in [3.8, 4) is 0 Å². The summed E-state index contributed by atoms with van der Waals surface area (Å²) in [5, 5.41) is 8.89. The summed E-state index contributed by atoms with van der Waals surface area (Å²) in [5.41, 5.74) is 0.764. The van der Waals surface area contributed by atoms with Crippen molar-refractivity contribution in [2.45, 2.75) is 26.3 Å². The van der Waals surface area contributed by atoms with Gasteiger partial charge in [0.15, 0.2) is 0 Å². The van der Waals surface area contributed by atoms with Crippen molar-refractivity contribution in [3.05, 3.63) is 35.1 Å². The van der Waals surface area contributed by atoms with E-state index in [2.05, 4.69) is 11.8 Å². The lowest BCUT2D eigenvalue weighted by Gasteiger charge is -2.16. The Kier molecular flexibility index (Phi) is 3.97. The van der Waals surface area contributed by atoms with Crippen molar-refractivity contribution in [3.63, 3.8) is 0 Å². The summed E-state index contributed by atoms with van der Waals surface area (Å²) in [6.07, 6.45) is 2.34. The van der Waals surface area contributed by atoms with Crippen molar-refractivity contribution < 1.29 is 14.3 Å². The molecule has 1 aromatic carbocycles. The number of carboxylic acids is 1. The van der Waals surface area contributed by atoms with Gasteiger partial charge in [0, 0.05) is 13.1 Å². The number of aromatic carboxylic acids is 1. The molecule has 1 unspecified atom stereocenters. The van der Waals surface area contributed by atoms with Crippen LogP contribution in [-0.4, -0.2) is 29.1 Å². The predicted octanol–water partition coefficient (Wildman–Crippen LogP) is 2.76.